The first-order chi connectivity index (χ1) is 6.29. The summed E-state index contributed by atoms with van der Waals surface area (Å²) in [7, 11) is 0. The second-order valence-electron chi connectivity index (χ2n) is 3.05. The van der Waals surface area contributed by atoms with Crippen molar-refractivity contribution >= 4 is 11.6 Å². The molecule has 0 spiro atoms. The highest BCUT2D eigenvalue weighted by Gasteiger charge is 2.16. The van der Waals surface area contributed by atoms with Crippen LogP contribution in [0, 0.1) is 11.3 Å². The standard InChI is InChI=1S/C10H8N2O/c11-4-3-7-1-2-9-8(5-7)6-10(13)12-9/h1-2,5H,3,6H2,(H,12,13). The molecule has 1 amide bonds. The Bertz CT molecular complexity index is 404. The Kier molecular flexibility index (Phi) is 1.75. The van der Waals surface area contributed by atoms with Crippen LogP contribution in [0.25, 0.3) is 0 Å². The first-order valence-corrected chi connectivity index (χ1v) is 4.08. The summed E-state index contributed by atoms with van der Waals surface area (Å²) < 4.78 is 0. The first kappa shape index (κ1) is 7.81. The minimum absolute atomic E-state index is 0.0316. The zero-order valence-corrected chi connectivity index (χ0v) is 7.00. The van der Waals surface area contributed by atoms with Gasteiger partial charge in [-0.05, 0) is 17.2 Å². The summed E-state index contributed by atoms with van der Waals surface area (Å²) >= 11 is 0. The third-order valence-corrected chi connectivity index (χ3v) is 2.08. The minimum Gasteiger partial charge on any atom is -0.326 e. The van der Waals surface area contributed by atoms with Crippen LogP contribution in [0.4, 0.5) is 5.69 Å². The van der Waals surface area contributed by atoms with Crippen LogP contribution in [0.3, 0.4) is 0 Å². The minimum atomic E-state index is 0.0316. The molecule has 13 heavy (non-hydrogen) atoms. The Morgan fingerprint density at radius 2 is 2.38 bits per heavy atom. The van der Waals surface area contributed by atoms with Gasteiger partial charge in [0.05, 0.1) is 18.9 Å². The van der Waals surface area contributed by atoms with Crippen LogP contribution in [0.2, 0.25) is 0 Å². The van der Waals surface area contributed by atoms with Crippen molar-refractivity contribution in [2.45, 2.75) is 12.8 Å². The molecule has 1 aromatic carbocycles. The van der Waals surface area contributed by atoms with Crippen molar-refractivity contribution in [3.05, 3.63) is 29.3 Å². The van der Waals surface area contributed by atoms with Gasteiger partial charge in [-0.3, -0.25) is 4.79 Å². The average molecular weight is 172 g/mol. The maximum Gasteiger partial charge on any atom is 0.228 e. The van der Waals surface area contributed by atoms with E-state index >= 15 is 0 Å². The number of fused-ring (bicyclic) bond motifs is 1. The van der Waals surface area contributed by atoms with Gasteiger partial charge >= 0.3 is 0 Å². The average Bonchev–Trinajstić information content (AvgIpc) is 2.44. The predicted molar refractivity (Wildman–Crippen MR) is 48.1 cm³/mol. The van der Waals surface area contributed by atoms with Gasteiger partial charge in [-0.15, -0.1) is 0 Å². The summed E-state index contributed by atoms with van der Waals surface area (Å²) in [6.45, 7) is 0. The van der Waals surface area contributed by atoms with E-state index in [0.29, 0.717) is 12.8 Å². The summed E-state index contributed by atoms with van der Waals surface area (Å²) in [6.07, 6.45) is 0.843. The number of nitrogens with one attached hydrogen (secondary N) is 1. The molecule has 2 rings (SSSR count). The Morgan fingerprint density at radius 3 is 3.15 bits per heavy atom. The summed E-state index contributed by atoms with van der Waals surface area (Å²) in [6, 6.07) is 7.72. The molecule has 0 saturated carbocycles. The quantitative estimate of drug-likeness (QED) is 0.693. The number of carbonyl (C=O) groups excluding carboxylic acids is 1. The maximum absolute atomic E-state index is 11.0. The smallest absolute Gasteiger partial charge is 0.228 e. The highest BCUT2D eigenvalue weighted by Crippen LogP contribution is 2.23. The number of rotatable bonds is 1. The summed E-state index contributed by atoms with van der Waals surface area (Å²) in [5, 5.41) is 11.2. The fraction of sp³-hybridized carbons (Fsp3) is 0.200. The lowest BCUT2D eigenvalue weighted by atomic mass is 10.1. The maximum atomic E-state index is 11.0. The van der Waals surface area contributed by atoms with E-state index in [-0.39, 0.29) is 5.91 Å². The summed E-state index contributed by atoms with van der Waals surface area (Å²) in [4.78, 5) is 11.0. The predicted octanol–water partition coefficient (Wildman–Crippen LogP) is 1.25. The second-order valence-corrected chi connectivity index (χ2v) is 3.05. The normalized spacial score (nSPS) is 13.3. The topological polar surface area (TPSA) is 52.9 Å². The third kappa shape index (κ3) is 1.38. The lowest BCUT2D eigenvalue weighted by Crippen LogP contribution is -2.03. The molecular formula is C10H8N2O. The van der Waals surface area contributed by atoms with Crippen LogP contribution in [-0.2, 0) is 17.6 Å². The number of nitriles is 1. The number of carbonyl (C=O) groups is 1. The van der Waals surface area contributed by atoms with Crippen LogP contribution in [0.5, 0.6) is 0 Å². The molecule has 1 aromatic rings. The van der Waals surface area contributed by atoms with Crippen LogP contribution in [0.1, 0.15) is 11.1 Å². The number of amides is 1. The Morgan fingerprint density at radius 1 is 1.54 bits per heavy atom. The molecule has 0 atom stereocenters. The van der Waals surface area contributed by atoms with E-state index < -0.39 is 0 Å². The Hall–Kier alpha value is -1.82. The molecule has 3 heteroatoms. The van der Waals surface area contributed by atoms with Crippen molar-refractivity contribution in [2.75, 3.05) is 5.32 Å². The monoisotopic (exact) mass is 172 g/mol. The van der Waals surface area contributed by atoms with Gasteiger partial charge < -0.3 is 5.32 Å². The van der Waals surface area contributed by atoms with Crippen molar-refractivity contribution in [1.29, 1.82) is 5.26 Å². The molecule has 0 aromatic heterocycles. The molecule has 3 nitrogen and oxygen atoms in total. The third-order valence-electron chi connectivity index (χ3n) is 2.08. The number of hydrogen-bond acceptors (Lipinski definition) is 2. The zero-order valence-electron chi connectivity index (χ0n) is 7.00. The van der Waals surface area contributed by atoms with Gasteiger partial charge in [0.15, 0.2) is 0 Å². The van der Waals surface area contributed by atoms with Gasteiger partial charge in [0.1, 0.15) is 0 Å². The Balaban J connectivity index is 2.35. The molecule has 0 radical (unpaired) electrons. The molecule has 0 unspecified atom stereocenters. The second kappa shape index (κ2) is 2.91. The lowest BCUT2D eigenvalue weighted by Gasteiger charge is -1.99. The molecule has 64 valence electrons. The van der Waals surface area contributed by atoms with E-state index in [1.165, 1.54) is 0 Å². The van der Waals surface area contributed by atoms with Crippen LogP contribution in [-0.4, -0.2) is 5.91 Å². The highest BCUT2D eigenvalue weighted by molar-refractivity contribution is 5.99. The molecular weight excluding hydrogens is 164 g/mol. The van der Waals surface area contributed by atoms with E-state index in [2.05, 4.69) is 11.4 Å². The van der Waals surface area contributed by atoms with Gasteiger partial charge in [0, 0.05) is 5.69 Å². The van der Waals surface area contributed by atoms with E-state index in [0.717, 1.165) is 16.8 Å². The van der Waals surface area contributed by atoms with E-state index in [1.807, 2.05) is 18.2 Å². The molecule has 0 aliphatic carbocycles. The molecule has 1 aliphatic rings. The Labute approximate surface area is 76.0 Å². The summed E-state index contributed by atoms with van der Waals surface area (Å²) in [5.41, 5.74) is 2.85. The van der Waals surface area contributed by atoms with Crippen LogP contribution in [0.15, 0.2) is 18.2 Å². The van der Waals surface area contributed by atoms with Gasteiger partial charge in [0.2, 0.25) is 5.91 Å². The first-order valence-electron chi connectivity index (χ1n) is 4.08. The van der Waals surface area contributed by atoms with Crippen molar-refractivity contribution in [1.82, 2.24) is 0 Å². The number of anilines is 1. The summed E-state index contributed by atoms with van der Waals surface area (Å²) in [5.74, 6) is 0.0316. The van der Waals surface area contributed by atoms with E-state index in [9.17, 15) is 4.79 Å². The largest absolute Gasteiger partial charge is 0.326 e. The molecule has 0 fully saturated rings. The van der Waals surface area contributed by atoms with E-state index in [1.54, 1.807) is 0 Å². The van der Waals surface area contributed by atoms with Crippen molar-refractivity contribution in [3.8, 4) is 6.07 Å². The van der Waals surface area contributed by atoms with E-state index in [4.69, 9.17) is 5.26 Å². The van der Waals surface area contributed by atoms with Gasteiger partial charge in [-0.25, -0.2) is 0 Å². The fourth-order valence-corrected chi connectivity index (χ4v) is 1.48. The van der Waals surface area contributed by atoms with Gasteiger partial charge in [0.25, 0.3) is 0 Å². The van der Waals surface area contributed by atoms with Crippen molar-refractivity contribution < 1.29 is 4.79 Å². The molecule has 1 N–H and O–H groups in total. The van der Waals surface area contributed by atoms with Gasteiger partial charge in [-0.1, -0.05) is 12.1 Å². The zero-order chi connectivity index (χ0) is 9.26. The SMILES string of the molecule is N#CCc1ccc2c(c1)CC(=O)N2. The van der Waals surface area contributed by atoms with Crippen LogP contribution >= 0.6 is 0 Å². The van der Waals surface area contributed by atoms with Crippen molar-refractivity contribution in [3.63, 3.8) is 0 Å². The lowest BCUT2D eigenvalue weighted by molar-refractivity contribution is -0.115. The van der Waals surface area contributed by atoms with Crippen LogP contribution < -0.4 is 5.32 Å². The molecule has 1 aliphatic heterocycles. The number of benzene rings is 1. The molecule has 1 heterocycles. The fourth-order valence-electron chi connectivity index (χ4n) is 1.48. The van der Waals surface area contributed by atoms with Gasteiger partial charge in [-0.2, -0.15) is 5.26 Å². The molecule has 0 bridgehead atoms. The highest BCUT2D eigenvalue weighted by atomic mass is 16.1. The number of nitrogens with zero attached hydrogens (tertiary/aromatic N) is 1. The number of hydrogen-bond donors (Lipinski definition) is 1. The van der Waals surface area contributed by atoms with Crippen molar-refractivity contribution in [2.24, 2.45) is 0 Å². The molecule has 0 saturated heterocycles.